The van der Waals surface area contributed by atoms with Crippen LogP contribution in [0.1, 0.15) is 5.69 Å². The summed E-state index contributed by atoms with van der Waals surface area (Å²) in [7, 11) is 0. The molecule has 0 fully saturated rings. The van der Waals surface area contributed by atoms with E-state index in [1.165, 1.54) is 4.68 Å². The van der Waals surface area contributed by atoms with Crippen molar-refractivity contribution in [3.63, 3.8) is 0 Å². The lowest BCUT2D eigenvalue weighted by molar-refractivity contribution is -0.116. The lowest BCUT2D eigenvalue weighted by Crippen LogP contribution is -2.19. The smallest absolute Gasteiger partial charge is 0.246 e. The first-order valence-electron chi connectivity index (χ1n) is 5.92. The molecule has 0 bridgehead atoms. The molecule has 6 nitrogen and oxygen atoms in total. The Morgan fingerprint density at radius 3 is 2.65 bits per heavy atom. The molecule has 0 atom stereocenters. The van der Waals surface area contributed by atoms with E-state index in [9.17, 15) is 13.6 Å². The van der Waals surface area contributed by atoms with E-state index in [1.54, 1.807) is 6.20 Å². The molecular formula is C12H13F2N5O. The molecule has 1 aromatic heterocycles. The van der Waals surface area contributed by atoms with Gasteiger partial charge in [-0.1, -0.05) is 5.21 Å². The minimum Gasteiger partial charge on any atom is -0.330 e. The molecular weight excluding hydrogens is 268 g/mol. The van der Waals surface area contributed by atoms with E-state index < -0.39 is 17.5 Å². The van der Waals surface area contributed by atoms with Crippen LogP contribution in [0.25, 0.3) is 0 Å². The molecule has 0 saturated heterocycles. The van der Waals surface area contributed by atoms with Gasteiger partial charge in [0.1, 0.15) is 18.2 Å². The maximum atomic E-state index is 13.0. The highest BCUT2D eigenvalue weighted by molar-refractivity contribution is 5.90. The van der Waals surface area contributed by atoms with Crippen LogP contribution in [0.5, 0.6) is 0 Å². The van der Waals surface area contributed by atoms with Crippen molar-refractivity contribution in [2.75, 3.05) is 11.9 Å². The average molecular weight is 281 g/mol. The minimum atomic E-state index is -0.758. The van der Waals surface area contributed by atoms with Gasteiger partial charge in [0.25, 0.3) is 0 Å². The van der Waals surface area contributed by atoms with Gasteiger partial charge in [0.2, 0.25) is 5.91 Å². The van der Waals surface area contributed by atoms with Crippen LogP contribution < -0.4 is 11.1 Å². The minimum absolute atomic E-state index is 0.0507. The number of amides is 1. The van der Waals surface area contributed by atoms with Crippen LogP contribution in [-0.2, 0) is 17.8 Å². The lowest BCUT2D eigenvalue weighted by atomic mass is 10.3. The molecule has 1 amide bonds. The second-order valence-corrected chi connectivity index (χ2v) is 4.15. The van der Waals surface area contributed by atoms with Crippen molar-refractivity contribution >= 4 is 11.6 Å². The molecule has 1 heterocycles. The summed E-state index contributed by atoms with van der Waals surface area (Å²) in [6.07, 6.45) is 2.16. The second-order valence-electron chi connectivity index (χ2n) is 4.15. The first-order chi connectivity index (χ1) is 9.56. The van der Waals surface area contributed by atoms with Crippen molar-refractivity contribution in [3.8, 4) is 0 Å². The molecule has 0 unspecified atom stereocenters. The molecule has 3 N–H and O–H groups in total. The van der Waals surface area contributed by atoms with E-state index in [0.29, 0.717) is 18.7 Å². The van der Waals surface area contributed by atoms with Crippen LogP contribution >= 0.6 is 0 Å². The van der Waals surface area contributed by atoms with Crippen molar-refractivity contribution in [2.45, 2.75) is 13.0 Å². The average Bonchev–Trinajstić information content (AvgIpc) is 2.75. The highest BCUT2D eigenvalue weighted by Crippen LogP contribution is 2.12. The molecule has 106 valence electrons. The highest BCUT2D eigenvalue weighted by Gasteiger charge is 2.08. The molecule has 0 aliphatic carbocycles. The predicted molar refractivity (Wildman–Crippen MR) is 67.8 cm³/mol. The van der Waals surface area contributed by atoms with E-state index in [0.717, 1.165) is 18.2 Å². The third-order valence-corrected chi connectivity index (χ3v) is 2.44. The van der Waals surface area contributed by atoms with E-state index in [-0.39, 0.29) is 12.2 Å². The zero-order valence-electron chi connectivity index (χ0n) is 10.5. The molecule has 8 heteroatoms. The Morgan fingerprint density at radius 2 is 2.00 bits per heavy atom. The van der Waals surface area contributed by atoms with Gasteiger partial charge < -0.3 is 11.1 Å². The maximum Gasteiger partial charge on any atom is 0.246 e. The molecule has 2 aromatic rings. The van der Waals surface area contributed by atoms with Crippen LogP contribution in [0, 0.1) is 11.6 Å². The van der Waals surface area contributed by atoms with Gasteiger partial charge in [-0.2, -0.15) is 0 Å². The number of carbonyl (C=O) groups is 1. The topological polar surface area (TPSA) is 85.8 Å². The number of benzene rings is 1. The zero-order valence-corrected chi connectivity index (χ0v) is 10.5. The number of nitrogens with zero attached hydrogens (tertiary/aromatic N) is 3. The molecule has 0 aliphatic rings. The van der Waals surface area contributed by atoms with Gasteiger partial charge in [0.05, 0.1) is 5.69 Å². The molecule has 0 radical (unpaired) electrons. The van der Waals surface area contributed by atoms with E-state index in [2.05, 4.69) is 15.6 Å². The van der Waals surface area contributed by atoms with Crippen molar-refractivity contribution in [2.24, 2.45) is 5.73 Å². The number of rotatable bonds is 5. The maximum absolute atomic E-state index is 13.0. The summed E-state index contributed by atoms with van der Waals surface area (Å²) < 4.78 is 27.3. The van der Waals surface area contributed by atoms with E-state index in [4.69, 9.17) is 5.73 Å². The summed E-state index contributed by atoms with van der Waals surface area (Å²) >= 11 is 0. The summed E-state index contributed by atoms with van der Waals surface area (Å²) in [6, 6.07) is 2.79. The number of nitrogens with two attached hydrogens (primary N) is 1. The summed E-state index contributed by atoms with van der Waals surface area (Å²) in [4.78, 5) is 11.7. The van der Waals surface area contributed by atoms with Gasteiger partial charge in [-0.3, -0.25) is 4.79 Å². The number of halogens is 2. The Labute approximate surface area is 113 Å². The van der Waals surface area contributed by atoms with Gasteiger partial charge in [-0.15, -0.1) is 5.10 Å². The summed E-state index contributed by atoms with van der Waals surface area (Å²) in [5.74, 6) is -1.98. The SMILES string of the molecule is NCCc1cn(CC(=O)Nc2cc(F)cc(F)c2)nn1. The van der Waals surface area contributed by atoms with Crippen molar-refractivity contribution in [1.82, 2.24) is 15.0 Å². The highest BCUT2D eigenvalue weighted by atomic mass is 19.1. The van der Waals surface area contributed by atoms with Gasteiger partial charge in [0, 0.05) is 24.4 Å². The molecule has 0 saturated carbocycles. The Kier molecular flexibility index (Phi) is 4.36. The molecule has 20 heavy (non-hydrogen) atoms. The largest absolute Gasteiger partial charge is 0.330 e. The van der Waals surface area contributed by atoms with Crippen LogP contribution in [0.3, 0.4) is 0 Å². The van der Waals surface area contributed by atoms with Crippen molar-refractivity contribution in [3.05, 3.63) is 41.7 Å². The van der Waals surface area contributed by atoms with E-state index in [1.807, 2.05) is 0 Å². The number of hydrogen-bond acceptors (Lipinski definition) is 4. The third-order valence-electron chi connectivity index (χ3n) is 2.44. The monoisotopic (exact) mass is 281 g/mol. The fraction of sp³-hybridized carbons (Fsp3) is 0.250. The number of nitrogens with one attached hydrogen (secondary N) is 1. The molecule has 0 aliphatic heterocycles. The first kappa shape index (κ1) is 14.1. The van der Waals surface area contributed by atoms with Crippen LogP contribution in [-0.4, -0.2) is 27.4 Å². The van der Waals surface area contributed by atoms with Gasteiger partial charge >= 0.3 is 0 Å². The van der Waals surface area contributed by atoms with E-state index >= 15 is 0 Å². The number of hydrogen-bond donors (Lipinski definition) is 2. The first-order valence-corrected chi connectivity index (χ1v) is 5.92. The Hall–Kier alpha value is -2.35. The number of aromatic nitrogens is 3. The fourth-order valence-electron chi connectivity index (χ4n) is 1.65. The van der Waals surface area contributed by atoms with Gasteiger partial charge in [-0.05, 0) is 18.7 Å². The Balaban J connectivity index is 1.97. The fourth-order valence-corrected chi connectivity index (χ4v) is 1.65. The van der Waals surface area contributed by atoms with Gasteiger partial charge in [-0.25, -0.2) is 13.5 Å². The normalized spacial score (nSPS) is 10.6. The lowest BCUT2D eigenvalue weighted by Gasteiger charge is -2.05. The van der Waals surface area contributed by atoms with Crippen LogP contribution in [0.4, 0.5) is 14.5 Å². The van der Waals surface area contributed by atoms with Crippen LogP contribution in [0.2, 0.25) is 0 Å². The van der Waals surface area contributed by atoms with Crippen molar-refractivity contribution in [1.29, 1.82) is 0 Å². The quantitative estimate of drug-likeness (QED) is 0.844. The van der Waals surface area contributed by atoms with Crippen LogP contribution in [0.15, 0.2) is 24.4 Å². The predicted octanol–water partition coefficient (Wildman–Crippen LogP) is 0.696. The Morgan fingerprint density at radius 1 is 1.30 bits per heavy atom. The zero-order chi connectivity index (χ0) is 14.5. The second kappa shape index (κ2) is 6.20. The number of carbonyl (C=O) groups excluding carboxylic acids is 1. The summed E-state index contributed by atoms with van der Waals surface area (Å²) in [5.41, 5.74) is 6.10. The van der Waals surface area contributed by atoms with Crippen molar-refractivity contribution < 1.29 is 13.6 Å². The molecule has 1 aromatic carbocycles. The third kappa shape index (κ3) is 3.82. The summed E-state index contributed by atoms with van der Waals surface area (Å²) in [5, 5.41) is 9.96. The summed E-state index contributed by atoms with van der Waals surface area (Å²) in [6.45, 7) is 0.336. The Bertz CT molecular complexity index is 593. The standard InChI is InChI=1S/C12H13F2N5O/c13-8-3-9(14)5-11(4-8)16-12(20)7-19-6-10(1-2-15)17-18-19/h3-6H,1-2,7,15H2,(H,16,20). The van der Waals surface area contributed by atoms with Gasteiger partial charge in [0.15, 0.2) is 0 Å². The molecule has 2 rings (SSSR count). The molecule has 0 spiro atoms. The number of anilines is 1.